The van der Waals surface area contributed by atoms with Crippen molar-refractivity contribution >= 4 is 17.2 Å². The van der Waals surface area contributed by atoms with Gasteiger partial charge in [-0.1, -0.05) is 0 Å². The average molecular weight is 548 g/mol. The number of halogens is 1. The molecule has 1 atom stereocenters. The van der Waals surface area contributed by atoms with Gasteiger partial charge in [0.1, 0.15) is 5.82 Å². The SMILES string of the molecule is COCC(O)Cn1cc(-c2ccnc(/C(=C\N)C(=O)Nc3cc(-c4nnn(C5CC5)n4)c(F)cc3C)c2)c(C)n1. The maximum Gasteiger partial charge on any atom is 0.259 e. The molecule has 1 aliphatic rings. The number of hydrogen-bond donors (Lipinski definition) is 3. The smallest absolute Gasteiger partial charge is 0.259 e. The van der Waals surface area contributed by atoms with Crippen LogP contribution in [0.4, 0.5) is 10.1 Å². The van der Waals surface area contributed by atoms with Crippen LogP contribution < -0.4 is 11.1 Å². The Morgan fingerprint density at radius 3 is 2.80 bits per heavy atom. The van der Waals surface area contributed by atoms with Gasteiger partial charge in [0.25, 0.3) is 5.91 Å². The molecular weight excluding hydrogens is 517 g/mol. The minimum atomic E-state index is -0.697. The number of aryl methyl sites for hydroxylation is 2. The van der Waals surface area contributed by atoms with Crippen molar-refractivity contribution in [2.24, 2.45) is 5.73 Å². The largest absolute Gasteiger partial charge is 0.404 e. The average Bonchev–Trinajstić information content (AvgIpc) is 3.54. The summed E-state index contributed by atoms with van der Waals surface area (Å²) in [6, 6.07) is 6.55. The predicted molar refractivity (Wildman–Crippen MR) is 145 cm³/mol. The van der Waals surface area contributed by atoms with Crippen molar-refractivity contribution in [1.29, 1.82) is 0 Å². The molecular formula is C27H30FN9O3. The van der Waals surface area contributed by atoms with Crippen LogP contribution in [-0.2, 0) is 16.1 Å². The highest BCUT2D eigenvalue weighted by molar-refractivity contribution is 6.25. The summed E-state index contributed by atoms with van der Waals surface area (Å²) in [7, 11) is 1.52. The number of rotatable bonds is 10. The first-order valence-corrected chi connectivity index (χ1v) is 12.8. The van der Waals surface area contributed by atoms with Crippen molar-refractivity contribution in [2.45, 2.75) is 45.4 Å². The van der Waals surface area contributed by atoms with Gasteiger partial charge in [-0.05, 0) is 67.3 Å². The molecule has 40 heavy (non-hydrogen) atoms. The van der Waals surface area contributed by atoms with Crippen molar-refractivity contribution in [3.63, 3.8) is 0 Å². The molecule has 1 aromatic carbocycles. The van der Waals surface area contributed by atoms with Crippen LogP contribution in [0.3, 0.4) is 0 Å². The predicted octanol–water partition coefficient (Wildman–Crippen LogP) is 2.64. The number of anilines is 1. The number of pyridine rings is 1. The van der Waals surface area contributed by atoms with E-state index in [4.69, 9.17) is 10.5 Å². The highest BCUT2D eigenvalue weighted by atomic mass is 19.1. The quantitative estimate of drug-likeness (QED) is 0.254. The molecule has 4 N–H and O–H groups in total. The summed E-state index contributed by atoms with van der Waals surface area (Å²) in [6.45, 7) is 4.01. The van der Waals surface area contributed by atoms with Gasteiger partial charge in [0.2, 0.25) is 5.82 Å². The van der Waals surface area contributed by atoms with Gasteiger partial charge in [-0.2, -0.15) is 9.90 Å². The van der Waals surface area contributed by atoms with Crippen molar-refractivity contribution in [1.82, 2.24) is 35.0 Å². The third-order valence-electron chi connectivity index (χ3n) is 6.57. The highest BCUT2D eigenvalue weighted by Gasteiger charge is 2.27. The van der Waals surface area contributed by atoms with Crippen LogP contribution in [0.1, 0.15) is 35.8 Å². The van der Waals surface area contributed by atoms with Crippen molar-refractivity contribution in [3.05, 3.63) is 65.6 Å². The number of benzene rings is 1. The zero-order chi connectivity index (χ0) is 28.4. The molecule has 13 heteroatoms. The summed E-state index contributed by atoms with van der Waals surface area (Å²) in [5.41, 5.74) is 9.71. The number of methoxy groups -OCH3 is 1. The van der Waals surface area contributed by atoms with E-state index in [1.54, 1.807) is 29.9 Å². The van der Waals surface area contributed by atoms with Gasteiger partial charge in [0, 0.05) is 37.0 Å². The molecule has 4 aromatic rings. The monoisotopic (exact) mass is 547 g/mol. The van der Waals surface area contributed by atoms with E-state index < -0.39 is 17.8 Å². The summed E-state index contributed by atoms with van der Waals surface area (Å²) in [6.07, 6.45) is 5.81. The van der Waals surface area contributed by atoms with Gasteiger partial charge in [-0.25, -0.2) is 4.39 Å². The van der Waals surface area contributed by atoms with Crippen LogP contribution in [0, 0.1) is 19.7 Å². The van der Waals surface area contributed by atoms with Crippen LogP contribution in [0.2, 0.25) is 0 Å². The number of nitrogens with two attached hydrogens (primary N) is 1. The van der Waals surface area contributed by atoms with E-state index in [1.165, 1.54) is 30.2 Å². The van der Waals surface area contributed by atoms with E-state index in [1.807, 2.05) is 13.1 Å². The number of carbonyl (C=O) groups is 1. The highest BCUT2D eigenvalue weighted by Crippen LogP contribution is 2.34. The number of aromatic nitrogens is 7. The van der Waals surface area contributed by atoms with Crippen LogP contribution >= 0.6 is 0 Å². The van der Waals surface area contributed by atoms with E-state index in [0.29, 0.717) is 16.9 Å². The fourth-order valence-electron chi connectivity index (χ4n) is 4.34. The first-order valence-electron chi connectivity index (χ1n) is 12.8. The number of hydrogen-bond acceptors (Lipinski definition) is 9. The maximum absolute atomic E-state index is 14.8. The Bertz CT molecular complexity index is 1580. The second-order valence-corrected chi connectivity index (χ2v) is 9.74. The van der Waals surface area contributed by atoms with Gasteiger partial charge in [-0.15, -0.1) is 10.2 Å². The molecule has 1 aliphatic carbocycles. The van der Waals surface area contributed by atoms with Crippen LogP contribution in [-0.4, -0.2) is 65.8 Å². The van der Waals surface area contributed by atoms with Crippen LogP contribution in [0.5, 0.6) is 0 Å². The van der Waals surface area contributed by atoms with E-state index in [2.05, 4.69) is 30.8 Å². The molecule has 5 rings (SSSR count). The minimum Gasteiger partial charge on any atom is -0.404 e. The first-order chi connectivity index (χ1) is 19.3. The molecule has 12 nitrogen and oxygen atoms in total. The van der Waals surface area contributed by atoms with E-state index >= 15 is 0 Å². The summed E-state index contributed by atoms with van der Waals surface area (Å²) < 4.78 is 21.5. The third kappa shape index (κ3) is 5.75. The third-order valence-corrected chi connectivity index (χ3v) is 6.57. The van der Waals surface area contributed by atoms with Crippen LogP contribution in [0.25, 0.3) is 28.1 Å². The van der Waals surface area contributed by atoms with Crippen LogP contribution in [0.15, 0.2) is 42.9 Å². The normalized spacial score (nSPS) is 14.4. The number of carbonyl (C=O) groups excluding carboxylic acids is 1. The lowest BCUT2D eigenvalue weighted by atomic mass is 10.0. The molecule has 3 aromatic heterocycles. The Morgan fingerprint density at radius 1 is 1.27 bits per heavy atom. The van der Waals surface area contributed by atoms with E-state index in [-0.39, 0.29) is 36.2 Å². The Hall–Kier alpha value is -4.49. The first kappa shape index (κ1) is 27.1. The molecule has 0 spiro atoms. The number of nitrogens with one attached hydrogen (secondary N) is 1. The Kier molecular flexibility index (Phi) is 7.67. The standard InChI is InChI=1S/C27H30FN9O3/c1-15-8-23(28)20(26-32-35-37(34-26)18-4-5-18)10-24(15)31-27(39)21(11-29)25-9-17(6-7-30-25)22-13-36(33-16(22)2)12-19(38)14-40-3/h6-11,13,18-19,38H,4-5,12,14,29H2,1-3H3,(H,31,39)/b21-11+. The molecule has 1 amide bonds. The zero-order valence-corrected chi connectivity index (χ0v) is 22.4. The lowest BCUT2D eigenvalue weighted by molar-refractivity contribution is -0.111. The van der Waals surface area contributed by atoms with E-state index in [0.717, 1.165) is 29.7 Å². The molecule has 1 unspecified atom stereocenters. The van der Waals surface area contributed by atoms with Gasteiger partial charge >= 0.3 is 0 Å². The molecule has 1 fully saturated rings. The summed E-state index contributed by atoms with van der Waals surface area (Å²) in [5, 5.41) is 29.6. The Balaban J connectivity index is 1.37. The number of tetrazole rings is 1. The summed E-state index contributed by atoms with van der Waals surface area (Å²) in [5.74, 6) is -0.882. The molecule has 1 saturated carbocycles. The second kappa shape index (κ2) is 11.3. The fraction of sp³-hybridized carbons (Fsp3) is 0.333. The number of aliphatic hydroxyl groups excluding tert-OH is 1. The van der Waals surface area contributed by atoms with E-state index in [9.17, 15) is 14.3 Å². The lowest BCUT2D eigenvalue weighted by Crippen LogP contribution is -2.21. The summed E-state index contributed by atoms with van der Waals surface area (Å²) >= 11 is 0. The Morgan fingerprint density at radius 2 is 2.08 bits per heavy atom. The minimum absolute atomic E-state index is 0.130. The Labute approximate surface area is 229 Å². The molecule has 0 aliphatic heterocycles. The summed E-state index contributed by atoms with van der Waals surface area (Å²) in [4.78, 5) is 19.2. The van der Waals surface area contributed by atoms with Gasteiger partial charge < -0.3 is 20.9 Å². The number of amides is 1. The van der Waals surface area contributed by atoms with Gasteiger partial charge in [0.05, 0.1) is 47.8 Å². The lowest BCUT2D eigenvalue weighted by Gasteiger charge is -2.13. The van der Waals surface area contributed by atoms with Gasteiger partial charge in [-0.3, -0.25) is 14.5 Å². The zero-order valence-electron chi connectivity index (χ0n) is 22.4. The topological polar surface area (TPSA) is 159 Å². The van der Waals surface area contributed by atoms with Crippen molar-refractivity contribution < 1.29 is 19.0 Å². The fourth-order valence-corrected chi connectivity index (χ4v) is 4.34. The number of ether oxygens (including phenoxy) is 1. The molecule has 208 valence electrons. The molecule has 3 heterocycles. The molecule has 0 saturated heterocycles. The van der Waals surface area contributed by atoms with Crippen molar-refractivity contribution in [2.75, 3.05) is 19.0 Å². The second-order valence-electron chi connectivity index (χ2n) is 9.74. The number of aliphatic hydroxyl groups is 1. The maximum atomic E-state index is 14.8. The molecule has 0 bridgehead atoms. The number of nitrogens with zero attached hydrogens (tertiary/aromatic N) is 7. The van der Waals surface area contributed by atoms with Crippen molar-refractivity contribution in [3.8, 4) is 22.5 Å². The van der Waals surface area contributed by atoms with Gasteiger partial charge in [0.15, 0.2) is 0 Å². The molecule has 0 radical (unpaired) electrons.